The summed E-state index contributed by atoms with van der Waals surface area (Å²) in [6.07, 6.45) is 6.85. The summed E-state index contributed by atoms with van der Waals surface area (Å²) in [6.45, 7) is 4.35. The highest BCUT2D eigenvalue weighted by Crippen LogP contribution is 2.37. The van der Waals surface area contributed by atoms with Crippen LogP contribution in [0, 0.1) is 17.7 Å². The summed E-state index contributed by atoms with van der Waals surface area (Å²) < 4.78 is 13.9. The van der Waals surface area contributed by atoms with E-state index in [0.29, 0.717) is 5.56 Å². The van der Waals surface area contributed by atoms with Crippen molar-refractivity contribution in [3.63, 3.8) is 0 Å². The lowest BCUT2D eigenvalue weighted by Gasteiger charge is -2.34. The molecule has 1 aromatic rings. The van der Waals surface area contributed by atoms with Crippen molar-refractivity contribution < 1.29 is 4.39 Å². The van der Waals surface area contributed by atoms with E-state index >= 15 is 0 Å². The Morgan fingerprint density at radius 3 is 2.81 bits per heavy atom. The quantitative estimate of drug-likeness (QED) is 0.915. The molecule has 4 unspecified atom stereocenters. The molecular weight excluding hydrogens is 263 g/mol. The summed E-state index contributed by atoms with van der Waals surface area (Å²) in [7, 11) is 0. The fraction of sp³-hybridized carbons (Fsp3) is 0.667. The smallest absolute Gasteiger partial charge is 0.127 e. The third-order valence-electron chi connectivity index (χ3n) is 5.52. The standard InChI is InChI=1S/C18H27FN2/c1-13(18(20)15-7-3-4-8-16(15)19)12-21-11-10-14-6-2-5-9-17(14)21/h3-4,7-8,13-14,17-18H,2,5-6,9-12,20H2,1H3. The zero-order valence-electron chi connectivity index (χ0n) is 13.0. The molecule has 21 heavy (non-hydrogen) atoms. The molecule has 3 rings (SSSR count). The molecule has 116 valence electrons. The van der Waals surface area contributed by atoms with Gasteiger partial charge in [-0.15, -0.1) is 0 Å². The third kappa shape index (κ3) is 3.14. The molecule has 3 heteroatoms. The van der Waals surface area contributed by atoms with Gasteiger partial charge in [-0.1, -0.05) is 38.0 Å². The van der Waals surface area contributed by atoms with E-state index in [2.05, 4.69) is 11.8 Å². The van der Waals surface area contributed by atoms with Crippen molar-refractivity contribution in [2.24, 2.45) is 17.6 Å². The van der Waals surface area contributed by atoms with E-state index < -0.39 is 0 Å². The minimum absolute atomic E-state index is 0.172. The van der Waals surface area contributed by atoms with Gasteiger partial charge in [-0.3, -0.25) is 4.90 Å². The summed E-state index contributed by atoms with van der Waals surface area (Å²) in [4.78, 5) is 2.62. The van der Waals surface area contributed by atoms with Crippen molar-refractivity contribution in [1.29, 1.82) is 0 Å². The van der Waals surface area contributed by atoms with Crippen molar-refractivity contribution in [3.8, 4) is 0 Å². The van der Waals surface area contributed by atoms with Crippen molar-refractivity contribution in [1.82, 2.24) is 4.90 Å². The Morgan fingerprint density at radius 2 is 2.00 bits per heavy atom. The summed E-state index contributed by atoms with van der Waals surface area (Å²) >= 11 is 0. The average Bonchev–Trinajstić information content (AvgIpc) is 2.90. The van der Waals surface area contributed by atoms with Gasteiger partial charge < -0.3 is 5.73 Å². The molecule has 2 fully saturated rings. The van der Waals surface area contributed by atoms with Gasteiger partial charge in [-0.05, 0) is 43.7 Å². The lowest BCUT2D eigenvalue weighted by molar-refractivity contribution is 0.155. The molecule has 1 saturated heterocycles. The van der Waals surface area contributed by atoms with E-state index in [1.807, 2.05) is 12.1 Å². The molecule has 2 nitrogen and oxygen atoms in total. The Hall–Kier alpha value is -0.930. The van der Waals surface area contributed by atoms with Crippen LogP contribution in [-0.2, 0) is 0 Å². The van der Waals surface area contributed by atoms with Gasteiger partial charge in [-0.25, -0.2) is 4.39 Å². The molecule has 1 aliphatic carbocycles. The number of nitrogens with zero attached hydrogens (tertiary/aromatic N) is 1. The molecule has 1 aliphatic heterocycles. The van der Waals surface area contributed by atoms with Crippen LogP contribution in [0.1, 0.15) is 50.6 Å². The number of halogens is 1. The summed E-state index contributed by atoms with van der Waals surface area (Å²) in [5.74, 6) is 1.01. The molecule has 1 heterocycles. The fourth-order valence-electron chi connectivity index (χ4n) is 4.27. The maximum Gasteiger partial charge on any atom is 0.127 e. The van der Waals surface area contributed by atoms with Crippen LogP contribution in [-0.4, -0.2) is 24.0 Å². The predicted octanol–water partition coefficient (Wildman–Crippen LogP) is 3.73. The van der Waals surface area contributed by atoms with Crippen molar-refractivity contribution >= 4 is 0 Å². The van der Waals surface area contributed by atoms with Crippen LogP contribution >= 0.6 is 0 Å². The lowest BCUT2D eigenvalue weighted by atomic mass is 9.85. The Kier molecular flexibility index (Phi) is 4.60. The molecule has 0 bridgehead atoms. The van der Waals surface area contributed by atoms with E-state index in [0.717, 1.165) is 18.5 Å². The van der Waals surface area contributed by atoms with Gasteiger partial charge in [0, 0.05) is 24.2 Å². The molecule has 0 aromatic heterocycles. The Balaban J connectivity index is 1.63. The van der Waals surface area contributed by atoms with Crippen LogP contribution in [0.3, 0.4) is 0 Å². The molecule has 0 radical (unpaired) electrons. The minimum atomic E-state index is -0.214. The second kappa shape index (κ2) is 6.45. The normalized spacial score (nSPS) is 29.1. The maximum absolute atomic E-state index is 13.9. The number of benzene rings is 1. The number of nitrogens with two attached hydrogens (primary N) is 1. The molecule has 1 aromatic carbocycles. The second-order valence-electron chi connectivity index (χ2n) is 6.92. The van der Waals surface area contributed by atoms with Crippen molar-refractivity contribution in [2.45, 2.75) is 51.1 Å². The highest BCUT2D eigenvalue weighted by atomic mass is 19.1. The monoisotopic (exact) mass is 290 g/mol. The predicted molar refractivity (Wildman–Crippen MR) is 84.4 cm³/mol. The second-order valence-corrected chi connectivity index (χ2v) is 6.92. The molecule has 4 atom stereocenters. The largest absolute Gasteiger partial charge is 0.324 e. The van der Waals surface area contributed by atoms with E-state index in [1.165, 1.54) is 44.7 Å². The first-order chi connectivity index (χ1) is 10.2. The van der Waals surface area contributed by atoms with Gasteiger partial charge in [0.05, 0.1) is 0 Å². The van der Waals surface area contributed by atoms with Crippen molar-refractivity contribution in [3.05, 3.63) is 35.6 Å². The molecule has 1 saturated carbocycles. The first kappa shape index (κ1) is 15.0. The van der Waals surface area contributed by atoms with E-state index in [-0.39, 0.29) is 17.8 Å². The lowest BCUT2D eigenvalue weighted by Crippen LogP contribution is -2.39. The summed E-state index contributed by atoms with van der Waals surface area (Å²) in [5, 5.41) is 0. The van der Waals surface area contributed by atoms with Gasteiger partial charge in [0.2, 0.25) is 0 Å². The zero-order chi connectivity index (χ0) is 14.8. The fourth-order valence-corrected chi connectivity index (χ4v) is 4.27. The SMILES string of the molecule is CC(CN1CCC2CCCCC21)C(N)c1ccccc1F. The Bertz CT molecular complexity index is 476. The van der Waals surface area contributed by atoms with E-state index in [9.17, 15) is 4.39 Å². The Labute approximate surface area is 127 Å². The number of hydrogen-bond acceptors (Lipinski definition) is 2. The first-order valence-electron chi connectivity index (χ1n) is 8.41. The molecule has 2 N–H and O–H groups in total. The van der Waals surface area contributed by atoms with Crippen LogP contribution in [0.4, 0.5) is 4.39 Å². The molecular formula is C18H27FN2. The number of fused-ring (bicyclic) bond motifs is 1. The summed E-state index contributed by atoms with van der Waals surface area (Å²) in [6, 6.07) is 7.48. The van der Waals surface area contributed by atoms with E-state index in [4.69, 9.17) is 5.73 Å². The van der Waals surface area contributed by atoms with Gasteiger partial charge >= 0.3 is 0 Å². The molecule has 2 aliphatic rings. The zero-order valence-corrected chi connectivity index (χ0v) is 13.0. The first-order valence-corrected chi connectivity index (χ1v) is 8.41. The number of likely N-dealkylation sites (tertiary alicyclic amines) is 1. The topological polar surface area (TPSA) is 29.3 Å². The van der Waals surface area contributed by atoms with Crippen LogP contribution in [0.25, 0.3) is 0 Å². The van der Waals surface area contributed by atoms with Gasteiger partial charge in [-0.2, -0.15) is 0 Å². The minimum Gasteiger partial charge on any atom is -0.324 e. The molecule has 0 spiro atoms. The van der Waals surface area contributed by atoms with Gasteiger partial charge in [0.1, 0.15) is 5.82 Å². The van der Waals surface area contributed by atoms with Crippen LogP contribution < -0.4 is 5.73 Å². The highest BCUT2D eigenvalue weighted by Gasteiger charge is 2.36. The number of rotatable bonds is 4. The van der Waals surface area contributed by atoms with Crippen molar-refractivity contribution in [2.75, 3.05) is 13.1 Å². The van der Waals surface area contributed by atoms with Crippen LogP contribution in [0.15, 0.2) is 24.3 Å². The maximum atomic E-state index is 13.9. The summed E-state index contributed by atoms with van der Waals surface area (Å²) in [5.41, 5.74) is 6.98. The van der Waals surface area contributed by atoms with E-state index in [1.54, 1.807) is 6.07 Å². The average molecular weight is 290 g/mol. The Morgan fingerprint density at radius 1 is 1.24 bits per heavy atom. The third-order valence-corrected chi connectivity index (χ3v) is 5.52. The molecule has 0 amide bonds. The van der Waals surface area contributed by atoms with Gasteiger partial charge in [0.15, 0.2) is 0 Å². The number of hydrogen-bond donors (Lipinski definition) is 1. The van der Waals surface area contributed by atoms with Gasteiger partial charge in [0.25, 0.3) is 0 Å². The van der Waals surface area contributed by atoms with Crippen LogP contribution in [0.5, 0.6) is 0 Å². The highest BCUT2D eigenvalue weighted by molar-refractivity contribution is 5.21. The van der Waals surface area contributed by atoms with Crippen LogP contribution in [0.2, 0.25) is 0 Å².